The predicted octanol–water partition coefficient (Wildman–Crippen LogP) is 1.93. The summed E-state index contributed by atoms with van der Waals surface area (Å²) in [5.74, 6) is 2.55. The lowest BCUT2D eigenvalue weighted by Gasteiger charge is -2.17. The third kappa shape index (κ3) is 3.91. The van der Waals surface area contributed by atoms with Crippen LogP contribution in [0.3, 0.4) is 0 Å². The first-order chi connectivity index (χ1) is 11.0. The van der Waals surface area contributed by atoms with Crippen molar-refractivity contribution in [3.8, 4) is 0 Å². The zero-order chi connectivity index (χ0) is 16.4. The van der Waals surface area contributed by atoms with Crippen molar-refractivity contribution in [1.29, 1.82) is 0 Å². The lowest BCUT2D eigenvalue weighted by atomic mass is 9.89. The fraction of sp³-hybridized carbons (Fsp3) is 0.562. The van der Waals surface area contributed by atoms with E-state index in [-0.39, 0.29) is 23.7 Å². The van der Waals surface area contributed by atoms with E-state index in [2.05, 4.69) is 37.7 Å². The van der Waals surface area contributed by atoms with Gasteiger partial charge >= 0.3 is 0 Å². The Hall–Kier alpha value is -2.31. The van der Waals surface area contributed by atoms with E-state index in [1.54, 1.807) is 0 Å². The Labute approximate surface area is 135 Å². The fourth-order valence-electron chi connectivity index (χ4n) is 3.50. The molecule has 1 heterocycles. The number of hydrogen-bond acceptors (Lipinski definition) is 5. The number of aromatic nitrogens is 3. The number of nitrogens with zero attached hydrogens (tertiary/aromatic N) is 3. The molecule has 0 spiro atoms. The van der Waals surface area contributed by atoms with Crippen LogP contribution < -0.4 is 10.6 Å². The molecule has 2 aliphatic carbocycles. The Morgan fingerprint density at radius 2 is 1.70 bits per heavy atom. The van der Waals surface area contributed by atoms with E-state index in [1.807, 2.05) is 0 Å². The molecule has 7 nitrogen and oxygen atoms in total. The van der Waals surface area contributed by atoms with Crippen LogP contribution in [0.2, 0.25) is 0 Å². The van der Waals surface area contributed by atoms with Crippen LogP contribution >= 0.6 is 0 Å². The van der Waals surface area contributed by atoms with Gasteiger partial charge in [-0.1, -0.05) is 12.2 Å². The molecule has 122 valence electrons. The number of anilines is 2. The normalized spacial score (nSPS) is 24.7. The number of rotatable bonds is 5. The molecular formula is C16H21N5O2. The van der Waals surface area contributed by atoms with E-state index in [0.717, 1.165) is 12.3 Å². The fourth-order valence-corrected chi connectivity index (χ4v) is 3.50. The largest absolute Gasteiger partial charge is 0.295 e. The van der Waals surface area contributed by atoms with Crippen molar-refractivity contribution in [1.82, 2.24) is 15.0 Å². The van der Waals surface area contributed by atoms with Crippen molar-refractivity contribution in [2.75, 3.05) is 10.6 Å². The summed E-state index contributed by atoms with van der Waals surface area (Å²) in [5.41, 5.74) is 0. The molecule has 3 rings (SSSR count). The summed E-state index contributed by atoms with van der Waals surface area (Å²) in [4.78, 5) is 35.0. The molecule has 1 aromatic heterocycles. The summed E-state index contributed by atoms with van der Waals surface area (Å²) >= 11 is 0. The molecule has 2 aliphatic rings. The van der Waals surface area contributed by atoms with Crippen molar-refractivity contribution in [3.05, 3.63) is 18.0 Å². The Morgan fingerprint density at radius 3 is 2.17 bits per heavy atom. The van der Waals surface area contributed by atoms with Crippen LogP contribution in [0.4, 0.5) is 11.9 Å². The molecule has 2 N–H and O–H groups in total. The second-order valence-corrected chi connectivity index (χ2v) is 6.34. The highest BCUT2D eigenvalue weighted by Crippen LogP contribution is 2.45. The molecule has 0 aromatic carbocycles. The predicted molar refractivity (Wildman–Crippen MR) is 85.6 cm³/mol. The lowest BCUT2D eigenvalue weighted by molar-refractivity contribution is -0.115. The summed E-state index contributed by atoms with van der Waals surface area (Å²) in [7, 11) is 0. The second kappa shape index (κ2) is 6.44. The number of carbonyl (C=O) groups is 2. The van der Waals surface area contributed by atoms with Gasteiger partial charge in [-0.15, -0.1) is 0 Å². The molecule has 0 aliphatic heterocycles. The monoisotopic (exact) mass is 315 g/mol. The number of amides is 2. The molecule has 0 radical (unpaired) electrons. The number of nitrogens with one attached hydrogen (secondary N) is 2. The first kappa shape index (κ1) is 15.6. The number of aryl methyl sites for hydroxylation is 1. The second-order valence-electron chi connectivity index (χ2n) is 6.34. The smallest absolute Gasteiger partial charge is 0.234 e. The van der Waals surface area contributed by atoms with Gasteiger partial charge in [0, 0.05) is 20.3 Å². The van der Waals surface area contributed by atoms with Crippen LogP contribution in [0.15, 0.2) is 12.2 Å². The molecule has 1 aromatic rings. The van der Waals surface area contributed by atoms with Gasteiger partial charge in [-0.2, -0.15) is 15.0 Å². The molecule has 2 bridgehead atoms. The maximum atomic E-state index is 11.2. The van der Waals surface area contributed by atoms with Gasteiger partial charge in [0.15, 0.2) is 0 Å². The first-order valence-corrected chi connectivity index (χ1v) is 7.98. The minimum atomic E-state index is -0.255. The Kier molecular flexibility index (Phi) is 4.36. The van der Waals surface area contributed by atoms with Crippen LogP contribution in [0, 0.1) is 17.8 Å². The summed E-state index contributed by atoms with van der Waals surface area (Å²) in [5, 5.41) is 5.10. The molecule has 23 heavy (non-hydrogen) atoms. The summed E-state index contributed by atoms with van der Waals surface area (Å²) in [6.45, 7) is 2.78. The van der Waals surface area contributed by atoms with Crippen LogP contribution in [-0.4, -0.2) is 26.8 Å². The molecular weight excluding hydrogens is 294 g/mol. The highest BCUT2D eigenvalue weighted by atomic mass is 16.2. The summed E-state index contributed by atoms with van der Waals surface area (Å²) in [6, 6.07) is 0. The van der Waals surface area contributed by atoms with Gasteiger partial charge in [-0.05, 0) is 37.0 Å². The van der Waals surface area contributed by atoms with E-state index < -0.39 is 0 Å². The van der Waals surface area contributed by atoms with E-state index in [1.165, 1.54) is 26.7 Å². The Morgan fingerprint density at radius 1 is 1.04 bits per heavy atom. The quantitative estimate of drug-likeness (QED) is 0.809. The maximum Gasteiger partial charge on any atom is 0.234 e. The SMILES string of the molecule is CC(=O)Nc1nc(CCC2CC3C=CC2C3)nc(NC(C)=O)n1. The van der Waals surface area contributed by atoms with Gasteiger partial charge in [0.2, 0.25) is 23.7 Å². The van der Waals surface area contributed by atoms with Crippen LogP contribution in [-0.2, 0) is 16.0 Å². The molecule has 3 atom stereocenters. The van der Waals surface area contributed by atoms with E-state index >= 15 is 0 Å². The van der Waals surface area contributed by atoms with Gasteiger partial charge in [0.1, 0.15) is 5.82 Å². The van der Waals surface area contributed by atoms with Crippen molar-refractivity contribution >= 4 is 23.7 Å². The highest BCUT2D eigenvalue weighted by molar-refractivity contribution is 5.88. The van der Waals surface area contributed by atoms with Gasteiger partial charge < -0.3 is 0 Å². The molecule has 3 unspecified atom stereocenters. The number of allylic oxidation sites excluding steroid dienone is 2. The summed E-state index contributed by atoms with van der Waals surface area (Å²) < 4.78 is 0. The lowest BCUT2D eigenvalue weighted by Crippen LogP contribution is -2.17. The first-order valence-electron chi connectivity index (χ1n) is 7.98. The van der Waals surface area contributed by atoms with Crippen LogP contribution in [0.1, 0.15) is 38.9 Å². The van der Waals surface area contributed by atoms with Crippen molar-refractivity contribution in [2.45, 2.75) is 39.5 Å². The standard InChI is InChI=1S/C16H21N5O2/c1-9(22)17-15-19-14(20-16(21-15)18-10(2)23)6-5-13-8-11-3-4-12(13)7-11/h3-4,11-13H,5-8H2,1-2H3,(H2,17,18,19,20,21,22,23). The molecule has 2 amide bonds. The number of fused-ring (bicyclic) bond motifs is 2. The summed E-state index contributed by atoms with van der Waals surface area (Å²) in [6.07, 6.45) is 8.89. The van der Waals surface area contributed by atoms with Crippen molar-refractivity contribution in [3.63, 3.8) is 0 Å². The zero-order valence-corrected chi connectivity index (χ0v) is 13.4. The molecule has 0 saturated heterocycles. The molecule has 1 saturated carbocycles. The topological polar surface area (TPSA) is 96.9 Å². The van der Waals surface area contributed by atoms with E-state index in [0.29, 0.717) is 24.1 Å². The zero-order valence-electron chi connectivity index (χ0n) is 13.4. The van der Waals surface area contributed by atoms with Gasteiger partial charge in [0.05, 0.1) is 0 Å². The average molecular weight is 315 g/mol. The number of hydrogen-bond donors (Lipinski definition) is 2. The van der Waals surface area contributed by atoms with Crippen molar-refractivity contribution in [2.24, 2.45) is 17.8 Å². The minimum Gasteiger partial charge on any atom is -0.295 e. The van der Waals surface area contributed by atoms with E-state index in [4.69, 9.17) is 0 Å². The van der Waals surface area contributed by atoms with Crippen LogP contribution in [0.25, 0.3) is 0 Å². The average Bonchev–Trinajstić information content (AvgIpc) is 3.05. The van der Waals surface area contributed by atoms with Crippen molar-refractivity contribution < 1.29 is 9.59 Å². The Balaban J connectivity index is 1.70. The third-order valence-electron chi connectivity index (χ3n) is 4.41. The van der Waals surface area contributed by atoms with Gasteiger partial charge in [-0.3, -0.25) is 20.2 Å². The Bertz CT molecular complexity index is 624. The van der Waals surface area contributed by atoms with Gasteiger partial charge in [-0.25, -0.2) is 0 Å². The molecule has 7 heteroatoms. The maximum absolute atomic E-state index is 11.2. The third-order valence-corrected chi connectivity index (χ3v) is 4.41. The highest BCUT2D eigenvalue weighted by Gasteiger charge is 2.35. The number of carbonyl (C=O) groups excluding carboxylic acids is 2. The van der Waals surface area contributed by atoms with Gasteiger partial charge in [0.25, 0.3) is 0 Å². The molecule has 1 fully saturated rings. The van der Waals surface area contributed by atoms with E-state index in [9.17, 15) is 9.59 Å². The van der Waals surface area contributed by atoms with Crippen LogP contribution in [0.5, 0.6) is 0 Å². The minimum absolute atomic E-state index is 0.180.